The van der Waals surface area contributed by atoms with Gasteiger partial charge in [-0.05, 0) is 104 Å². The number of nitrogens with one attached hydrogen (secondary N) is 2. The van der Waals surface area contributed by atoms with Crippen molar-refractivity contribution in [2.24, 2.45) is 5.73 Å². The van der Waals surface area contributed by atoms with E-state index in [-0.39, 0.29) is 41.5 Å². The predicted octanol–water partition coefficient (Wildman–Crippen LogP) is 6.43. The van der Waals surface area contributed by atoms with E-state index in [0.717, 1.165) is 77.9 Å². The Balaban J connectivity index is 1.14. The number of nitrogens with zero attached hydrogens (tertiary/aromatic N) is 1. The number of para-hydroxylation sites is 1. The first-order valence-electron chi connectivity index (χ1n) is 20.1. The maximum Gasteiger partial charge on any atom is 0.410 e. The number of anilines is 1. The molecular formula is C45H43F4N4O11P. The van der Waals surface area contributed by atoms with E-state index in [1.54, 1.807) is 6.92 Å². The molecule has 15 nitrogen and oxygen atoms in total. The second-order valence-corrected chi connectivity index (χ2v) is 17.3. The van der Waals surface area contributed by atoms with Crippen LogP contribution in [0.5, 0.6) is 0 Å². The molecule has 0 aliphatic carbocycles. The number of amides is 4. The van der Waals surface area contributed by atoms with Gasteiger partial charge in [0.05, 0.1) is 16.8 Å². The Morgan fingerprint density at radius 3 is 1.94 bits per heavy atom. The fourth-order valence-electron chi connectivity index (χ4n) is 7.17. The molecule has 0 spiro atoms. The van der Waals surface area contributed by atoms with Gasteiger partial charge in [-0.3, -0.25) is 37.7 Å². The van der Waals surface area contributed by atoms with E-state index in [1.807, 2.05) is 18.2 Å². The van der Waals surface area contributed by atoms with Gasteiger partial charge in [0.2, 0.25) is 37.2 Å². The number of carbonyl (C=O) groups is 6. The lowest BCUT2D eigenvalue weighted by molar-refractivity contribution is -0.128. The monoisotopic (exact) mass is 922 g/mol. The molecule has 0 fully saturated rings. The molecule has 0 aromatic heterocycles. The van der Waals surface area contributed by atoms with Crippen LogP contribution in [0.4, 0.5) is 23.2 Å². The zero-order valence-corrected chi connectivity index (χ0v) is 35.8. The predicted molar refractivity (Wildman–Crippen MR) is 225 cm³/mol. The van der Waals surface area contributed by atoms with Crippen molar-refractivity contribution in [3.63, 3.8) is 0 Å². The lowest BCUT2D eigenvalue weighted by atomic mass is 10.0. The van der Waals surface area contributed by atoms with Crippen LogP contribution in [-0.4, -0.2) is 67.3 Å². The highest BCUT2D eigenvalue weighted by atomic mass is 31.2. The number of benzene rings is 4. The van der Waals surface area contributed by atoms with Crippen LogP contribution in [-0.2, 0) is 60.8 Å². The third kappa shape index (κ3) is 11.3. The minimum Gasteiger partial charge on any atom is -0.434 e. The summed E-state index contributed by atoms with van der Waals surface area (Å²) >= 11 is 0. The molecule has 2 unspecified atom stereocenters. The highest BCUT2D eigenvalue weighted by Crippen LogP contribution is 2.67. The topological polar surface area (TPSA) is 210 Å². The molecule has 0 bridgehead atoms. The molecule has 20 heteroatoms. The van der Waals surface area contributed by atoms with Crippen molar-refractivity contribution in [1.29, 1.82) is 0 Å². The van der Waals surface area contributed by atoms with Crippen LogP contribution in [0, 0.1) is 11.6 Å². The van der Waals surface area contributed by atoms with E-state index < -0.39 is 97.7 Å². The molecule has 6 rings (SSSR count). The zero-order chi connectivity index (χ0) is 47.1. The number of aryl methyl sites for hydroxylation is 1. The minimum atomic E-state index is -5.76. The molecule has 0 saturated heterocycles. The standard InChI is InChI=1S/C45H43F4N4O11P/c1-26(22-39(55)52-36-20-13-29-4-3-5-32-23-37(53(40(29)32)42(36)57)41(56)51-27(2)6-21-38(50)54)28-7-14-33(15-8-28)45(48,49)65(60,63-24-61-43(58)30-9-16-34(46)17-10-30)64-25-62-44(59)31-11-18-35(47)19-12-31/h3-5,7-12,14-19,22,27,36-37H,6,13,20-21,23-25H2,1-2H3,(H2,50,54)(H,51,56)(H,52,55)/b26-22+/t27?,36-,37?/m0/s1. The largest absolute Gasteiger partial charge is 0.434 e. The quantitative estimate of drug-likeness (QED) is 0.0326. The second-order valence-electron chi connectivity index (χ2n) is 15.2. The number of hydrogen-bond donors (Lipinski definition) is 3. The maximum atomic E-state index is 16.2. The van der Waals surface area contributed by atoms with E-state index >= 15 is 8.78 Å². The lowest BCUT2D eigenvalue weighted by Crippen LogP contribution is -2.55. The maximum absolute atomic E-state index is 16.2. The van der Waals surface area contributed by atoms with Crippen LogP contribution in [0.25, 0.3) is 5.57 Å². The molecule has 342 valence electrons. The third-order valence-electron chi connectivity index (χ3n) is 10.6. The normalized spacial score (nSPS) is 16.5. The number of halogens is 4. The molecule has 4 amide bonds. The smallest absolute Gasteiger partial charge is 0.410 e. The highest BCUT2D eigenvalue weighted by Gasteiger charge is 2.56. The zero-order valence-electron chi connectivity index (χ0n) is 34.9. The van der Waals surface area contributed by atoms with Crippen LogP contribution in [0.1, 0.15) is 76.1 Å². The number of hydrogen-bond acceptors (Lipinski definition) is 11. The van der Waals surface area contributed by atoms with Crippen LogP contribution < -0.4 is 21.3 Å². The van der Waals surface area contributed by atoms with E-state index in [9.17, 15) is 42.1 Å². The number of nitrogens with two attached hydrogens (primary N) is 1. The minimum absolute atomic E-state index is 0.0621. The summed E-state index contributed by atoms with van der Waals surface area (Å²) in [6, 6.07) is 15.2. The van der Waals surface area contributed by atoms with Crippen molar-refractivity contribution in [1.82, 2.24) is 10.6 Å². The van der Waals surface area contributed by atoms with Crippen LogP contribution in [0.3, 0.4) is 0 Å². The Morgan fingerprint density at radius 1 is 0.846 bits per heavy atom. The molecule has 4 aromatic carbocycles. The molecule has 4 aromatic rings. The van der Waals surface area contributed by atoms with Gasteiger partial charge in [0.25, 0.3) is 0 Å². The highest BCUT2D eigenvalue weighted by molar-refractivity contribution is 7.54. The van der Waals surface area contributed by atoms with Crippen molar-refractivity contribution >= 4 is 54.4 Å². The summed E-state index contributed by atoms with van der Waals surface area (Å²) in [5.41, 5.74) is 2.22. The van der Waals surface area contributed by atoms with Gasteiger partial charge in [-0.25, -0.2) is 18.4 Å². The summed E-state index contributed by atoms with van der Waals surface area (Å²) in [6.07, 6.45) is 2.37. The first kappa shape index (κ1) is 47.8. The van der Waals surface area contributed by atoms with Crippen LogP contribution in [0.2, 0.25) is 0 Å². The number of esters is 2. The Labute approximate surface area is 369 Å². The van der Waals surface area contributed by atoms with Gasteiger partial charge < -0.3 is 25.8 Å². The second kappa shape index (κ2) is 20.4. The van der Waals surface area contributed by atoms with Crippen molar-refractivity contribution in [2.45, 2.75) is 69.7 Å². The van der Waals surface area contributed by atoms with Gasteiger partial charge in [0.1, 0.15) is 23.7 Å². The molecule has 2 aliphatic heterocycles. The van der Waals surface area contributed by atoms with Crippen molar-refractivity contribution in [3.8, 4) is 0 Å². The van der Waals surface area contributed by atoms with E-state index in [2.05, 4.69) is 10.6 Å². The van der Waals surface area contributed by atoms with Gasteiger partial charge in [-0.15, -0.1) is 0 Å². The number of carbonyl (C=O) groups excluding carboxylic acids is 6. The van der Waals surface area contributed by atoms with Gasteiger partial charge in [-0.1, -0.05) is 42.5 Å². The third-order valence-corrected chi connectivity index (χ3v) is 12.4. The molecular weight excluding hydrogens is 879 g/mol. The summed E-state index contributed by atoms with van der Waals surface area (Å²) in [4.78, 5) is 78.6. The fraction of sp³-hybridized carbons (Fsp3) is 0.289. The summed E-state index contributed by atoms with van der Waals surface area (Å²) in [5, 5.41) is 5.57. The summed E-state index contributed by atoms with van der Waals surface area (Å²) in [7, 11) is -5.76. The summed E-state index contributed by atoms with van der Waals surface area (Å²) in [6.45, 7) is 0.540. The van der Waals surface area contributed by atoms with Crippen LogP contribution >= 0.6 is 7.60 Å². The summed E-state index contributed by atoms with van der Waals surface area (Å²) < 4.78 is 92.3. The number of rotatable bonds is 18. The molecule has 0 radical (unpaired) electrons. The first-order valence-corrected chi connectivity index (χ1v) is 21.7. The molecule has 4 N–H and O–H groups in total. The number of alkyl halides is 2. The Bertz CT molecular complexity index is 2470. The molecule has 2 heterocycles. The average molecular weight is 923 g/mol. The van der Waals surface area contributed by atoms with Gasteiger partial charge >= 0.3 is 25.2 Å². The van der Waals surface area contributed by atoms with Crippen molar-refractivity contribution in [3.05, 3.63) is 142 Å². The first-order chi connectivity index (χ1) is 30.9. The Kier molecular flexibility index (Phi) is 15.0. The van der Waals surface area contributed by atoms with E-state index in [4.69, 9.17) is 24.3 Å². The van der Waals surface area contributed by atoms with Gasteiger partial charge in [-0.2, -0.15) is 8.78 Å². The number of ether oxygens (including phenoxy) is 2. The lowest BCUT2D eigenvalue weighted by Gasteiger charge is -2.28. The van der Waals surface area contributed by atoms with Gasteiger partial charge in [0, 0.05) is 30.5 Å². The SMILES string of the molecule is C/C(=C\C(=O)N[C@H]1CCc2cccc3c2N(C1=O)C(C(=O)NC(C)CCC(N)=O)C3)c1ccc(C(F)(F)P(=O)(OCOC(=O)c2ccc(F)cc2)OCOC(=O)c2ccc(F)cc2)cc1. The van der Waals surface area contributed by atoms with Gasteiger partial charge in [0.15, 0.2) is 0 Å². The van der Waals surface area contributed by atoms with Crippen LogP contribution in [0.15, 0.2) is 97.1 Å². The number of allylic oxidation sites excluding steroid dienone is 1. The Morgan fingerprint density at radius 2 is 1.38 bits per heavy atom. The molecule has 65 heavy (non-hydrogen) atoms. The van der Waals surface area contributed by atoms with E-state index in [1.165, 1.54) is 24.0 Å². The number of primary amides is 1. The van der Waals surface area contributed by atoms with Crippen molar-refractivity contribution in [2.75, 3.05) is 18.5 Å². The molecule has 0 saturated carbocycles. The Hall–Kier alpha value is -6.69. The molecule has 3 atom stereocenters. The fourth-order valence-corrected chi connectivity index (χ4v) is 8.41. The average Bonchev–Trinajstić information content (AvgIpc) is 3.61. The molecule has 2 aliphatic rings. The van der Waals surface area contributed by atoms with Crippen molar-refractivity contribution < 1.29 is 69.4 Å². The summed E-state index contributed by atoms with van der Waals surface area (Å²) in [5.74, 6) is -5.77. The van der Waals surface area contributed by atoms with E-state index in [0.29, 0.717) is 18.5 Å².